The van der Waals surface area contributed by atoms with Gasteiger partial charge in [0.05, 0.1) is 5.92 Å². The van der Waals surface area contributed by atoms with Crippen LogP contribution in [0.2, 0.25) is 5.15 Å². The van der Waals surface area contributed by atoms with Crippen molar-refractivity contribution in [1.82, 2.24) is 10.2 Å². The molecule has 6 heteroatoms. The molecule has 1 saturated heterocycles. The number of hydrogen-bond acceptors (Lipinski definition) is 4. The molecular formula is C18H21ClN4O. The van der Waals surface area contributed by atoms with Gasteiger partial charge in [-0.15, -0.1) is 10.2 Å². The summed E-state index contributed by atoms with van der Waals surface area (Å²) in [7, 11) is 0. The molecule has 0 radical (unpaired) electrons. The van der Waals surface area contributed by atoms with E-state index in [0.717, 1.165) is 42.9 Å². The average molecular weight is 345 g/mol. The Morgan fingerprint density at radius 1 is 1.29 bits per heavy atom. The highest BCUT2D eigenvalue weighted by atomic mass is 35.5. The minimum atomic E-state index is -0.0545. The van der Waals surface area contributed by atoms with Crippen LogP contribution in [0.15, 0.2) is 36.4 Å². The third-order valence-corrected chi connectivity index (χ3v) is 4.59. The summed E-state index contributed by atoms with van der Waals surface area (Å²) in [5.74, 6) is 0.787. The third-order valence-electron chi connectivity index (χ3n) is 4.39. The summed E-state index contributed by atoms with van der Waals surface area (Å²) in [5, 5.41) is 11.5. The fraction of sp³-hybridized carbons (Fsp3) is 0.389. The zero-order valence-corrected chi connectivity index (χ0v) is 14.5. The first-order valence-corrected chi connectivity index (χ1v) is 8.68. The van der Waals surface area contributed by atoms with Crippen LogP contribution in [0.5, 0.6) is 0 Å². The van der Waals surface area contributed by atoms with Crippen molar-refractivity contribution in [2.75, 3.05) is 23.3 Å². The second-order valence-corrected chi connectivity index (χ2v) is 6.39. The minimum absolute atomic E-state index is 0.0545. The molecule has 0 bridgehead atoms. The van der Waals surface area contributed by atoms with Gasteiger partial charge < -0.3 is 10.2 Å². The van der Waals surface area contributed by atoms with Crippen LogP contribution >= 0.6 is 11.6 Å². The summed E-state index contributed by atoms with van der Waals surface area (Å²) in [6.45, 7) is 3.62. The van der Waals surface area contributed by atoms with E-state index in [1.165, 1.54) is 0 Å². The first-order chi connectivity index (χ1) is 11.7. The highest BCUT2D eigenvalue weighted by Crippen LogP contribution is 2.24. The number of para-hydroxylation sites is 1. The molecule has 0 spiro atoms. The number of carbonyl (C=O) groups is 1. The number of benzene rings is 1. The molecule has 1 aliphatic rings. The van der Waals surface area contributed by atoms with E-state index in [0.29, 0.717) is 11.7 Å². The number of amides is 1. The minimum Gasteiger partial charge on any atom is -0.354 e. The van der Waals surface area contributed by atoms with Gasteiger partial charge in [0, 0.05) is 18.8 Å². The molecule has 2 aromatic rings. The van der Waals surface area contributed by atoms with Gasteiger partial charge in [-0.3, -0.25) is 4.79 Å². The standard InChI is InChI=1S/C18H21ClN4O/c1-2-13-6-3-4-8-15(13)20-18(24)14-7-5-11-23(12-14)17-10-9-16(19)21-22-17/h3-4,6,8-10,14H,2,5,7,11-12H2,1H3,(H,20,24). The van der Waals surface area contributed by atoms with Crippen molar-refractivity contribution >= 4 is 29.0 Å². The summed E-state index contributed by atoms with van der Waals surface area (Å²) >= 11 is 5.79. The fourth-order valence-corrected chi connectivity index (χ4v) is 3.16. The Morgan fingerprint density at radius 3 is 2.88 bits per heavy atom. The number of nitrogens with zero attached hydrogens (tertiary/aromatic N) is 3. The molecule has 1 unspecified atom stereocenters. The van der Waals surface area contributed by atoms with Gasteiger partial charge in [0.15, 0.2) is 11.0 Å². The maximum Gasteiger partial charge on any atom is 0.229 e. The summed E-state index contributed by atoms with van der Waals surface area (Å²) in [6.07, 6.45) is 2.74. The molecule has 2 heterocycles. The molecule has 3 rings (SSSR count). The number of nitrogens with one attached hydrogen (secondary N) is 1. The predicted molar refractivity (Wildman–Crippen MR) is 96.4 cm³/mol. The van der Waals surface area contributed by atoms with Gasteiger partial charge in [0.25, 0.3) is 0 Å². The van der Waals surface area contributed by atoms with E-state index in [4.69, 9.17) is 11.6 Å². The second-order valence-electron chi connectivity index (χ2n) is 6.00. The Balaban J connectivity index is 1.68. The van der Waals surface area contributed by atoms with E-state index in [9.17, 15) is 4.79 Å². The van der Waals surface area contributed by atoms with Gasteiger partial charge in [0.1, 0.15) is 0 Å². The van der Waals surface area contributed by atoms with Crippen LogP contribution in [-0.4, -0.2) is 29.2 Å². The second kappa shape index (κ2) is 7.62. The third kappa shape index (κ3) is 3.85. The monoisotopic (exact) mass is 344 g/mol. The number of aryl methyl sites for hydroxylation is 1. The number of piperidine rings is 1. The zero-order valence-electron chi connectivity index (χ0n) is 13.7. The lowest BCUT2D eigenvalue weighted by molar-refractivity contribution is -0.120. The maximum atomic E-state index is 12.7. The first-order valence-electron chi connectivity index (χ1n) is 8.30. The Morgan fingerprint density at radius 2 is 2.12 bits per heavy atom. The molecule has 1 fully saturated rings. The van der Waals surface area contributed by atoms with Crippen molar-refractivity contribution in [3.05, 3.63) is 47.1 Å². The predicted octanol–water partition coefficient (Wildman–Crippen LogP) is 3.55. The molecule has 1 atom stereocenters. The van der Waals surface area contributed by atoms with E-state index >= 15 is 0 Å². The maximum absolute atomic E-state index is 12.7. The molecule has 0 aliphatic carbocycles. The molecule has 1 aliphatic heterocycles. The summed E-state index contributed by atoms with van der Waals surface area (Å²) in [4.78, 5) is 14.8. The van der Waals surface area contributed by atoms with Crippen LogP contribution in [0.4, 0.5) is 11.5 Å². The number of halogens is 1. The van der Waals surface area contributed by atoms with Crippen molar-refractivity contribution in [2.24, 2.45) is 5.92 Å². The van der Waals surface area contributed by atoms with Crippen LogP contribution in [0, 0.1) is 5.92 Å². The van der Waals surface area contributed by atoms with Crippen LogP contribution in [0.1, 0.15) is 25.3 Å². The molecule has 1 N–H and O–H groups in total. The number of anilines is 2. The van der Waals surface area contributed by atoms with Crippen molar-refractivity contribution in [3.8, 4) is 0 Å². The highest BCUT2D eigenvalue weighted by molar-refractivity contribution is 6.29. The fourth-order valence-electron chi connectivity index (χ4n) is 3.06. The van der Waals surface area contributed by atoms with Gasteiger partial charge >= 0.3 is 0 Å². The van der Waals surface area contributed by atoms with E-state index in [2.05, 4.69) is 27.3 Å². The Bertz CT molecular complexity index is 704. The molecular weight excluding hydrogens is 324 g/mol. The molecule has 24 heavy (non-hydrogen) atoms. The molecule has 126 valence electrons. The largest absolute Gasteiger partial charge is 0.354 e. The summed E-state index contributed by atoms with van der Waals surface area (Å²) < 4.78 is 0. The Hall–Kier alpha value is -2.14. The summed E-state index contributed by atoms with van der Waals surface area (Å²) in [6, 6.07) is 11.5. The number of hydrogen-bond donors (Lipinski definition) is 1. The van der Waals surface area contributed by atoms with Gasteiger partial charge in [0.2, 0.25) is 5.91 Å². The Kier molecular flexibility index (Phi) is 5.30. The quantitative estimate of drug-likeness (QED) is 0.921. The number of aromatic nitrogens is 2. The van der Waals surface area contributed by atoms with Gasteiger partial charge in [-0.25, -0.2) is 0 Å². The van der Waals surface area contributed by atoms with E-state index in [1.54, 1.807) is 6.07 Å². The SMILES string of the molecule is CCc1ccccc1NC(=O)C1CCCN(c2ccc(Cl)nn2)C1. The molecule has 0 saturated carbocycles. The van der Waals surface area contributed by atoms with Crippen molar-refractivity contribution in [2.45, 2.75) is 26.2 Å². The lowest BCUT2D eigenvalue weighted by Crippen LogP contribution is -2.41. The number of carbonyl (C=O) groups excluding carboxylic acids is 1. The van der Waals surface area contributed by atoms with Gasteiger partial charge in [-0.05, 0) is 43.0 Å². The van der Waals surface area contributed by atoms with Crippen LogP contribution < -0.4 is 10.2 Å². The lowest BCUT2D eigenvalue weighted by atomic mass is 9.96. The molecule has 5 nitrogen and oxygen atoms in total. The smallest absolute Gasteiger partial charge is 0.229 e. The lowest BCUT2D eigenvalue weighted by Gasteiger charge is -2.32. The molecule has 1 aromatic carbocycles. The highest BCUT2D eigenvalue weighted by Gasteiger charge is 2.27. The van der Waals surface area contributed by atoms with Gasteiger partial charge in [-0.1, -0.05) is 36.7 Å². The average Bonchev–Trinajstić information content (AvgIpc) is 2.63. The first kappa shape index (κ1) is 16.7. The van der Waals surface area contributed by atoms with Crippen LogP contribution in [-0.2, 0) is 11.2 Å². The summed E-state index contributed by atoms with van der Waals surface area (Å²) in [5.41, 5.74) is 2.07. The van der Waals surface area contributed by atoms with Crippen molar-refractivity contribution < 1.29 is 4.79 Å². The number of rotatable bonds is 4. The van der Waals surface area contributed by atoms with E-state index in [-0.39, 0.29) is 11.8 Å². The van der Waals surface area contributed by atoms with Crippen molar-refractivity contribution in [3.63, 3.8) is 0 Å². The molecule has 1 amide bonds. The van der Waals surface area contributed by atoms with Gasteiger partial charge in [-0.2, -0.15) is 0 Å². The van der Waals surface area contributed by atoms with E-state index < -0.39 is 0 Å². The van der Waals surface area contributed by atoms with E-state index in [1.807, 2.05) is 30.3 Å². The normalized spacial score (nSPS) is 17.6. The zero-order chi connectivity index (χ0) is 16.9. The topological polar surface area (TPSA) is 58.1 Å². The van der Waals surface area contributed by atoms with Crippen LogP contribution in [0.25, 0.3) is 0 Å². The Labute approximate surface area is 147 Å². The van der Waals surface area contributed by atoms with Crippen molar-refractivity contribution in [1.29, 1.82) is 0 Å². The molecule has 1 aromatic heterocycles. The van der Waals surface area contributed by atoms with Crippen LogP contribution in [0.3, 0.4) is 0 Å².